The molecule has 1 N–H and O–H groups in total. The molecule has 1 heterocycles. The van der Waals surface area contributed by atoms with E-state index in [0.717, 1.165) is 5.56 Å². The fourth-order valence-electron chi connectivity index (χ4n) is 2.66. The van der Waals surface area contributed by atoms with Crippen molar-refractivity contribution < 1.29 is 19.1 Å². The van der Waals surface area contributed by atoms with Gasteiger partial charge in [0.05, 0.1) is 14.2 Å². The van der Waals surface area contributed by atoms with Crippen LogP contribution in [0.5, 0.6) is 11.5 Å². The summed E-state index contributed by atoms with van der Waals surface area (Å²) in [6, 6.07) is 12.3. The van der Waals surface area contributed by atoms with Gasteiger partial charge >= 0.3 is 0 Å². The van der Waals surface area contributed by atoms with Crippen LogP contribution in [0.4, 0.5) is 5.69 Å². The molecule has 0 atom stereocenters. The van der Waals surface area contributed by atoms with Gasteiger partial charge in [-0.3, -0.25) is 9.59 Å². The molecule has 0 spiro atoms. The third-order valence-electron chi connectivity index (χ3n) is 4.14. The summed E-state index contributed by atoms with van der Waals surface area (Å²) < 4.78 is 10.6. The van der Waals surface area contributed by atoms with Crippen molar-refractivity contribution in [3.05, 3.63) is 59.1 Å². The van der Waals surface area contributed by atoms with E-state index in [4.69, 9.17) is 9.47 Å². The smallest absolute Gasteiger partial charge is 0.275 e. The third kappa shape index (κ3) is 4.55. The minimum atomic E-state index is -0.345. The first-order valence-electron chi connectivity index (χ1n) is 8.74. The van der Waals surface area contributed by atoms with Crippen molar-refractivity contribution in [1.82, 2.24) is 9.88 Å². The van der Waals surface area contributed by atoms with Gasteiger partial charge in [-0.15, -0.1) is 11.3 Å². The van der Waals surface area contributed by atoms with Gasteiger partial charge in [0, 0.05) is 36.3 Å². The zero-order valence-corrected chi connectivity index (χ0v) is 17.4. The average Bonchev–Trinajstić information content (AvgIpc) is 3.23. The number of methoxy groups -OCH3 is 2. The van der Waals surface area contributed by atoms with Crippen LogP contribution in [0.2, 0.25) is 0 Å². The molecule has 3 rings (SSSR count). The summed E-state index contributed by atoms with van der Waals surface area (Å²) in [4.78, 5) is 30.6. The molecule has 0 radical (unpaired) electrons. The quantitative estimate of drug-likeness (QED) is 0.668. The Morgan fingerprint density at radius 2 is 1.79 bits per heavy atom. The Balaban J connectivity index is 1.78. The molecular formula is C21H21N3O4S. The molecule has 0 aliphatic rings. The van der Waals surface area contributed by atoms with E-state index < -0.39 is 0 Å². The molecule has 0 aliphatic carbocycles. The predicted octanol–water partition coefficient (Wildman–Crippen LogP) is 3.78. The highest BCUT2D eigenvalue weighted by Crippen LogP contribution is 2.33. The second-order valence-electron chi connectivity index (χ2n) is 6.34. The second-order valence-corrected chi connectivity index (χ2v) is 7.20. The van der Waals surface area contributed by atoms with Crippen LogP contribution in [0, 0.1) is 0 Å². The molecule has 2 aromatic carbocycles. The predicted molar refractivity (Wildman–Crippen MR) is 113 cm³/mol. The van der Waals surface area contributed by atoms with E-state index in [0.29, 0.717) is 33.5 Å². The zero-order valence-electron chi connectivity index (χ0n) is 16.6. The standard InChI is InChI=1S/C21H21N3O4S/c1-24(2)21(26)14-6-5-7-15(10-14)22-19(25)16-12-29-20(23-16)13-8-9-17(27-3)18(11-13)28-4/h5-12H,1-4H3,(H,22,25). The van der Waals surface area contributed by atoms with Crippen LogP contribution in [0.3, 0.4) is 0 Å². The van der Waals surface area contributed by atoms with Gasteiger partial charge in [-0.05, 0) is 36.4 Å². The van der Waals surface area contributed by atoms with Crippen LogP contribution in [0.1, 0.15) is 20.8 Å². The fraction of sp³-hybridized carbons (Fsp3) is 0.190. The molecule has 0 bridgehead atoms. The lowest BCUT2D eigenvalue weighted by Gasteiger charge is -2.11. The van der Waals surface area contributed by atoms with Crippen LogP contribution in [0.25, 0.3) is 10.6 Å². The monoisotopic (exact) mass is 411 g/mol. The number of hydrogen-bond acceptors (Lipinski definition) is 6. The first-order valence-corrected chi connectivity index (χ1v) is 9.62. The summed E-state index contributed by atoms with van der Waals surface area (Å²) in [6.07, 6.45) is 0. The maximum atomic E-state index is 12.6. The molecule has 2 amide bonds. The molecule has 0 saturated carbocycles. The van der Waals surface area contributed by atoms with Gasteiger partial charge < -0.3 is 19.7 Å². The number of thiazole rings is 1. The van der Waals surface area contributed by atoms with Crippen LogP contribution >= 0.6 is 11.3 Å². The number of nitrogens with one attached hydrogen (secondary N) is 1. The molecule has 0 aliphatic heterocycles. The number of benzene rings is 2. The molecule has 7 nitrogen and oxygen atoms in total. The third-order valence-corrected chi connectivity index (χ3v) is 5.03. The Morgan fingerprint density at radius 1 is 1.03 bits per heavy atom. The number of rotatable bonds is 6. The molecule has 1 aromatic heterocycles. The molecule has 3 aromatic rings. The number of carbonyl (C=O) groups is 2. The van der Waals surface area contributed by atoms with E-state index in [1.807, 2.05) is 12.1 Å². The van der Waals surface area contributed by atoms with Crippen molar-refractivity contribution in [1.29, 1.82) is 0 Å². The maximum Gasteiger partial charge on any atom is 0.275 e. The van der Waals surface area contributed by atoms with Crippen LogP contribution < -0.4 is 14.8 Å². The van der Waals surface area contributed by atoms with E-state index in [-0.39, 0.29) is 11.8 Å². The van der Waals surface area contributed by atoms with Gasteiger partial charge in [0.15, 0.2) is 11.5 Å². The Morgan fingerprint density at radius 3 is 2.48 bits per heavy atom. The number of carbonyl (C=O) groups excluding carboxylic acids is 2. The Labute approximate surface area is 172 Å². The second kappa shape index (κ2) is 8.74. The zero-order chi connectivity index (χ0) is 21.0. The summed E-state index contributed by atoms with van der Waals surface area (Å²) in [7, 11) is 6.50. The number of ether oxygens (including phenoxy) is 2. The van der Waals surface area contributed by atoms with E-state index in [1.165, 1.54) is 16.2 Å². The van der Waals surface area contributed by atoms with Crippen molar-refractivity contribution in [3.8, 4) is 22.1 Å². The largest absolute Gasteiger partial charge is 0.493 e. The highest BCUT2D eigenvalue weighted by Gasteiger charge is 2.15. The number of hydrogen-bond donors (Lipinski definition) is 1. The summed E-state index contributed by atoms with van der Waals surface area (Å²) in [5, 5.41) is 5.17. The first kappa shape index (κ1) is 20.3. The molecule has 0 saturated heterocycles. The van der Waals surface area contributed by atoms with Crippen molar-refractivity contribution in [2.45, 2.75) is 0 Å². The highest BCUT2D eigenvalue weighted by molar-refractivity contribution is 7.13. The lowest BCUT2D eigenvalue weighted by Crippen LogP contribution is -2.22. The van der Waals surface area contributed by atoms with Crippen LogP contribution in [-0.4, -0.2) is 50.0 Å². The minimum Gasteiger partial charge on any atom is -0.493 e. The number of nitrogens with zero attached hydrogens (tertiary/aromatic N) is 2. The molecule has 8 heteroatoms. The summed E-state index contributed by atoms with van der Waals surface area (Å²) in [5.74, 6) is 0.736. The topological polar surface area (TPSA) is 80.8 Å². The molecule has 0 fully saturated rings. The summed E-state index contributed by atoms with van der Waals surface area (Å²) in [5.41, 5.74) is 2.15. The van der Waals surface area contributed by atoms with E-state index >= 15 is 0 Å². The fourth-order valence-corrected chi connectivity index (χ4v) is 3.46. The van der Waals surface area contributed by atoms with Crippen molar-refractivity contribution >= 4 is 28.8 Å². The highest BCUT2D eigenvalue weighted by atomic mass is 32.1. The van der Waals surface area contributed by atoms with Crippen molar-refractivity contribution in [2.75, 3.05) is 33.6 Å². The first-order chi connectivity index (χ1) is 13.9. The molecule has 0 unspecified atom stereocenters. The Kier molecular flexibility index (Phi) is 6.13. The number of amides is 2. The SMILES string of the molecule is COc1ccc(-c2nc(C(=O)Nc3cccc(C(=O)N(C)C)c3)cs2)cc1OC. The summed E-state index contributed by atoms with van der Waals surface area (Å²) in [6.45, 7) is 0. The molecular weight excluding hydrogens is 390 g/mol. The molecule has 150 valence electrons. The number of anilines is 1. The normalized spacial score (nSPS) is 10.3. The molecule has 29 heavy (non-hydrogen) atoms. The van der Waals surface area contributed by atoms with E-state index in [9.17, 15) is 9.59 Å². The van der Waals surface area contributed by atoms with Crippen LogP contribution in [0.15, 0.2) is 47.8 Å². The van der Waals surface area contributed by atoms with E-state index in [2.05, 4.69) is 10.3 Å². The van der Waals surface area contributed by atoms with Crippen molar-refractivity contribution in [3.63, 3.8) is 0 Å². The Hall–Kier alpha value is -3.39. The van der Waals surface area contributed by atoms with Crippen molar-refractivity contribution in [2.24, 2.45) is 0 Å². The minimum absolute atomic E-state index is 0.134. The lowest BCUT2D eigenvalue weighted by molar-refractivity contribution is 0.0827. The van der Waals surface area contributed by atoms with Gasteiger partial charge in [-0.1, -0.05) is 6.07 Å². The maximum absolute atomic E-state index is 12.6. The number of aromatic nitrogens is 1. The Bertz CT molecular complexity index is 1050. The van der Waals surface area contributed by atoms with E-state index in [1.54, 1.807) is 64.0 Å². The van der Waals surface area contributed by atoms with Gasteiger partial charge in [0.25, 0.3) is 11.8 Å². The van der Waals surface area contributed by atoms with Gasteiger partial charge in [-0.25, -0.2) is 4.98 Å². The van der Waals surface area contributed by atoms with Gasteiger partial charge in [-0.2, -0.15) is 0 Å². The average molecular weight is 411 g/mol. The van der Waals surface area contributed by atoms with Gasteiger partial charge in [0.1, 0.15) is 10.7 Å². The summed E-state index contributed by atoms with van der Waals surface area (Å²) >= 11 is 1.36. The van der Waals surface area contributed by atoms with Crippen LogP contribution in [-0.2, 0) is 0 Å². The lowest BCUT2D eigenvalue weighted by atomic mass is 10.2. The van der Waals surface area contributed by atoms with Gasteiger partial charge in [0.2, 0.25) is 0 Å².